The molecule has 2 rings (SSSR count). The zero-order chi connectivity index (χ0) is 14.0. The van der Waals surface area contributed by atoms with E-state index in [2.05, 4.69) is 9.97 Å². The van der Waals surface area contributed by atoms with Crippen LogP contribution >= 0.6 is 0 Å². The number of nitrogens with two attached hydrogens (primary N) is 1. The van der Waals surface area contributed by atoms with Crippen LogP contribution in [0.2, 0.25) is 0 Å². The number of hydrogen-bond acceptors (Lipinski definition) is 5. The molecule has 0 radical (unpaired) electrons. The molecule has 0 spiro atoms. The largest absolute Gasteiger partial charge is 0.437 e. The Kier molecular flexibility index (Phi) is 3.29. The van der Waals surface area contributed by atoms with Gasteiger partial charge in [-0.15, -0.1) is 0 Å². The second kappa shape index (κ2) is 4.90. The normalized spacial score (nSPS) is 10.0. The number of halogens is 1. The van der Waals surface area contributed by atoms with E-state index in [1.54, 1.807) is 19.9 Å². The van der Waals surface area contributed by atoms with Crippen molar-refractivity contribution in [3.63, 3.8) is 0 Å². The molecule has 1 heterocycles. The number of benzene rings is 1. The summed E-state index contributed by atoms with van der Waals surface area (Å²) in [6.45, 7) is 3.36. The van der Waals surface area contributed by atoms with E-state index in [4.69, 9.17) is 15.7 Å². The van der Waals surface area contributed by atoms with Gasteiger partial charge in [0.25, 0.3) is 0 Å². The molecule has 19 heavy (non-hydrogen) atoms. The highest BCUT2D eigenvalue weighted by molar-refractivity contribution is 5.49. The molecular weight excluding hydrogens is 247 g/mol. The van der Waals surface area contributed by atoms with Crippen molar-refractivity contribution in [2.75, 3.05) is 5.73 Å². The molecule has 0 atom stereocenters. The molecule has 96 valence electrons. The number of nitrogens with zero attached hydrogens (tertiary/aromatic N) is 3. The summed E-state index contributed by atoms with van der Waals surface area (Å²) in [6.07, 6.45) is 0. The van der Waals surface area contributed by atoms with Crippen molar-refractivity contribution in [1.29, 1.82) is 5.26 Å². The molecule has 0 aliphatic rings. The van der Waals surface area contributed by atoms with E-state index in [9.17, 15) is 4.39 Å². The number of aromatic nitrogens is 2. The van der Waals surface area contributed by atoms with Gasteiger partial charge in [-0.1, -0.05) is 6.07 Å². The fourth-order valence-corrected chi connectivity index (χ4v) is 1.52. The van der Waals surface area contributed by atoms with Gasteiger partial charge in [-0.05, 0) is 26.0 Å². The summed E-state index contributed by atoms with van der Waals surface area (Å²) in [5.74, 6) is 0.400. The predicted octanol–water partition coefficient (Wildman–Crippen LogP) is 2.48. The van der Waals surface area contributed by atoms with Crippen molar-refractivity contribution in [3.8, 4) is 17.7 Å². The Hall–Kier alpha value is -2.68. The Labute approximate surface area is 109 Å². The zero-order valence-corrected chi connectivity index (χ0v) is 10.4. The highest BCUT2D eigenvalue weighted by atomic mass is 19.1. The van der Waals surface area contributed by atoms with Crippen molar-refractivity contribution in [1.82, 2.24) is 9.97 Å². The third-order valence-electron chi connectivity index (χ3n) is 2.54. The molecule has 6 heteroatoms. The van der Waals surface area contributed by atoms with Gasteiger partial charge in [-0.2, -0.15) is 10.2 Å². The summed E-state index contributed by atoms with van der Waals surface area (Å²) in [5.41, 5.74) is 6.08. The molecule has 0 unspecified atom stereocenters. The van der Waals surface area contributed by atoms with E-state index in [1.165, 1.54) is 18.2 Å². The first-order valence-electron chi connectivity index (χ1n) is 5.50. The number of nitrogen functional groups attached to an aromatic ring is 1. The van der Waals surface area contributed by atoms with Crippen LogP contribution in [0, 0.1) is 31.0 Å². The first-order chi connectivity index (χ1) is 9.02. The Morgan fingerprint density at radius 3 is 2.74 bits per heavy atom. The standard InChI is InChI=1S/C13H11FN4O/c1-7-12(16)17-8(2)18-13(7)19-11-5-3-4-10(14)9(11)6-15/h3-5H,1-2H3,(H2,16,17,18). The first-order valence-corrected chi connectivity index (χ1v) is 5.50. The van der Waals surface area contributed by atoms with Gasteiger partial charge in [0.2, 0.25) is 5.88 Å². The van der Waals surface area contributed by atoms with Gasteiger partial charge in [0.05, 0.1) is 5.56 Å². The molecule has 0 aliphatic carbocycles. The molecule has 0 saturated carbocycles. The maximum absolute atomic E-state index is 13.5. The van der Waals surface area contributed by atoms with Gasteiger partial charge < -0.3 is 10.5 Å². The van der Waals surface area contributed by atoms with Gasteiger partial charge >= 0.3 is 0 Å². The van der Waals surface area contributed by atoms with Crippen molar-refractivity contribution in [2.45, 2.75) is 13.8 Å². The van der Waals surface area contributed by atoms with Crippen LogP contribution in [0.15, 0.2) is 18.2 Å². The molecular formula is C13H11FN4O. The van der Waals surface area contributed by atoms with Crippen LogP contribution in [0.4, 0.5) is 10.2 Å². The Bertz CT molecular complexity index is 679. The smallest absolute Gasteiger partial charge is 0.227 e. The molecule has 2 N–H and O–H groups in total. The number of ether oxygens (including phenoxy) is 1. The Morgan fingerprint density at radius 2 is 2.05 bits per heavy atom. The molecule has 2 aromatic rings. The van der Waals surface area contributed by atoms with Crippen LogP contribution in [-0.4, -0.2) is 9.97 Å². The van der Waals surface area contributed by atoms with Gasteiger partial charge in [0.1, 0.15) is 34.8 Å². The lowest BCUT2D eigenvalue weighted by molar-refractivity contribution is 0.450. The zero-order valence-electron chi connectivity index (χ0n) is 10.4. The average molecular weight is 258 g/mol. The number of rotatable bonds is 2. The summed E-state index contributed by atoms with van der Waals surface area (Å²) < 4.78 is 18.9. The minimum Gasteiger partial charge on any atom is -0.437 e. The van der Waals surface area contributed by atoms with E-state index in [1.807, 2.05) is 0 Å². The van der Waals surface area contributed by atoms with Crippen molar-refractivity contribution in [3.05, 3.63) is 41.0 Å². The number of anilines is 1. The van der Waals surface area contributed by atoms with Gasteiger partial charge in [-0.25, -0.2) is 9.37 Å². The highest BCUT2D eigenvalue weighted by Crippen LogP contribution is 2.29. The third kappa shape index (κ3) is 2.45. The second-order valence-corrected chi connectivity index (χ2v) is 3.91. The lowest BCUT2D eigenvalue weighted by atomic mass is 10.2. The van der Waals surface area contributed by atoms with E-state index in [-0.39, 0.29) is 23.0 Å². The molecule has 0 amide bonds. The highest BCUT2D eigenvalue weighted by Gasteiger charge is 2.14. The van der Waals surface area contributed by atoms with Gasteiger partial charge in [0.15, 0.2) is 0 Å². The molecule has 1 aromatic carbocycles. The molecule has 1 aromatic heterocycles. The number of aryl methyl sites for hydroxylation is 1. The topological polar surface area (TPSA) is 84.8 Å². The molecule has 5 nitrogen and oxygen atoms in total. The molecule has 0 fully saturated rings. The van der Waals surface area contributed by atoms with Gasteiger partial charge in [0, 0.05) is 0 Å². The van der Waals surface area contributed by atoms with Crippen LogP contribution in [0.1, 0.15) is 17.0 Å². The minimum absolute atomic E-state index is 0.100. The number of hydrogen-bond donors (Lipinski definition) is 1. The lowest BCUT2D eigenvalue weighted by Crippen LogP contribution is -2.03. The maximum Gasteiger partial charge on any atom is 0.227 e. The summed E-state index contributed by atoms with van der Waals surface area (Å²) in [6, 6.07) is 5.90. The molecule has 0 bridgehead atoms. The first kappa shape index (κ1) is 12.8. The van der Waals surface area contributed by atoms with E-state index >= 15 is 0 Å². The second-order valence-electron chi connectivity index (χ2n) is 3.91. The number of nitriles is 1. The summed E-state index contributed by atoms with van der Waals surface area (Å²) in [7, 11) is 0. The maximum atomic E-state index is 13.5. The summed E-state index contributed by atoms with van der Waals surface area (Å²) in [4.78, 5) is 8.07. The van der Waals surface area contributed by atoms with Crippen molar-refractivity contribution in [2.24, 2.45) is 0 Å². The summed E-state index contributed by atoms with van der Waals surface area (Å²) >= 11 is 0. The summed E-state index contributed by atoms with van der Waals surface area (Å²) in [5, 5.41) is 8.93. The third-order valence-corrected chi connectivity index (χ3v) is 2.54. The fourth-order valence-electron chi connectivity index (χ4n) is 1.52. The predicted molar refractivity (Wildman–Crippen MR) is 67.1 cm³/mol. The Balaban J connectivity index is 2.48. The SMILES string of the molecule is Cc1nc(N)c(C)c(Oc2cccc(F)c2C#N)n1. The van der Waals surface area contributed by atoms with Crippen LogP contribution in [-0.2, 0) is 0 Å². The molecule has 0 saturated heterocycles. The van der Waals surface area contributed by atoms with Gasteiger partial charge in [-0.3, -0.25) is 0 Å². The van der Waals surface area contributed by atoms with Crippen molar-refractivity contribution >= 4 is 5.82 Å². The van der Waals surface area contributed by atoms with Crippen LogP contribution in [0.3, 0.4) is 0 Å². The van der Waals surface area contributed by atoms with Crippen molar-refractivity contribution < 1.29 is 9.13 Å². The quantitative estimate of drug-likeness (QED) is 0.894. The van der Waals surface area contributed by atoms with Crippen LogP contribution in [0.25, 0.3) is 0 Å². The molecule has 0 aliphatic heterocycles. The van der Waals surface area contributed by atoms with Crippen LogP contribution in [0.5, 0.6) is 11.6 Å². The monoisotopic (exact) mass is 258 g/mol. The lowest BCUT2D eigenvalue weighted by Gasteiger charge is -2.10. The Morgan fingerprint density at radius 1 is 1.32 bits per heavy atom. The van der Waals surface area contributed by atoms with E-state index in [0.29, 0.717) is 11.4 Å². The van der Waals surface area contributed by atoms with Crippen LogP contribution < -0.4 is 10.5 Å². The van der Waals surface area contributed by atoms with E-state index < -0.39 is 5.82 Å². The van der Waals surface area contributed by atoms with E-state index in [0.717, 1.165) is 0 Å². The fraction of sp³-hybridized carbons (Fsp3) is 0.154. The minimum atomic E-state index is -0.642. The average Bonchev–Trinajstić information content (AvgIpc) is 2.35.